The van der Waals surface area contributed by atoms with E-state index in [2.05, 4.69) is 10.1 Å². The summed E-state index contributed by atoms with van der Waals surface area (Å²) in [7, 11) is 1.21. The minimum atomic E-state index is -1.86. The van der Waals surface area contributed by atoms with E-state index < -0.39 is 17.8 Å². The number of amides is 1. The van der Waals surface area contributed by atoms with Gasteiger partial charge in [0.1, 0.15) is 11.0 Å². The van der Waals surface area contributed by atoms with Gasteiger partial charge in [0.05, 0.1) is 12.7 Å². The molecule has 0 aliphatic rings. The molecule has 92 valence electrons. The van der Waals surface area contributed by atoms with E-state index in [1.54, 1.807) is 13.8 Å². The van der Waals surface area contributed by atoms with Crippen molar-refractivity contribution in [3.05, 3.63) is 16.0 Å². The molecule has 1 amide bonds. The predicted octanol–water partition coefficient (Wildman–Crippen LogP) is -3.16. The average Bonchev–Trinajstić information content (AvgIpc) is 2.53. The number of anilines is 1. The average molecular weight is 279 g/mol. The topological polar surface area (TPSA) is 95.5 Å². The molecule has 0 spiro atoms. The van der Waals surface area contributed by atoms with Gasteiger partial charge in [-0.2, -0.15) is 0 Å². The number of esters is 1. The fraction of sp³-hybridized carbons (Fsp3) is 0.300. The van der Waals surface area contributed by atoms with E-state index in [0.717, 1.165) is 16.2 Å². The first kappa shape index (κ1) is 17.1. The van der Waals surface area contributed by atoms with Crippen LogP contribution in [0.1, 0.15) is 20.8 Å². The fourth-order valence-electron chi connectivity index (χ4n) is 1.22. The molecule has 0 saturated carbocycles. The van der Waals surface area contributed by atoms with Crippen LogP contribution in [0.2, 0.25) is 0 Å². The largest absolute Gasteiger partial charge is 1.00 e. The number of ether oxygens (including phenoxy) is 1. The summed E-state index contributed by atoms with van der Waals surface area (Å²) in [5.74, 6) is -3.78. The molecular weight excluding hydrogens is 269 g/mol. The number of rotatable bonds is 2. The van der Waals surface area contributed by atoms with Gasteiger partial charge >= 0.3 is 35.5 Å². The molecule has 0 bridgehead atoms. The Morgan fingerprint density at radius 2 is 1.83 bits per heavy atom. The van der Waals surface area contributed by atoms with E-state index in [1.807, 2.05) is 0 Å². The maximum Gasteiger partial charge on any atom is 1.00 e. The van der Waals surface area contributed by atoms with Crippen molar-refractivity contribution in [2.24, 2.45) is 0 Å². The van der Waals surface area contributed by atoms with Crippen molar-refractivity contribution in [3.63, 3.8) is 0 Å². The number of carbonyl (C=O) groups is 3. The quantitative estimate of drug-likeness (QED) is 0.350. The van der Waals surface area contributed by atoms with Crippen LogP contribution in [-0.2, 0) is 14.3 Å². The van der Waals surface area contributed by atoms with Crippen molar-refractivity contribution in [2.75, 3.05) is 12.4 Å². The summed E-state index contributed by atoms with van der Waals surface area (Å²) in [6, 6.07) is 0. The number of thiophene rings is 1. The molecule has 8 heteroatoms. The van der Waals surface area contributed by atoms with E-state index in [9.17, 15) is 19.5 Å². The van der Waals surface area contributed by atoms with Crippen molar-refractivity contribution in [2.45, 2.75) is 13.8 Å². The summed E-state index contributed by atoms with van der Waals surface area (Å²) in [4.78, 5) is 33.6. The van der Waals surface area contributed by atoms with Crippen LogP contribution < -0.4 is 40.0 Å². The van der Waals surface area contributed by atoms with Crippen molar-refractivity contribution in [3.8, 4) is 0 Å². The molecule has 6 nitrogen and oxygen atoms in total. The number of hydrogen-bond acceptors (Lipinski definition) is 6. The number of carboxylic acid groups (broad SMARTS) is 1. The Balaban J connectivity index is 0.00000289. The van der Waals surface area contributed by atoms with Gasteiger partial charge in [-0.1, -0.05) is 0 Å². The van der Waals surface area contributed by atoms with Gasteiger partial charge in [-0.05, 0) is 19.4 Å². The van der Waals surface area contributed by atoms with Gasteiger partial charge in [-0.3, -0.25) is 4.79 Å². The SMILES string of the molecule is COC(=O)c1c(NC(=O)C(=O)[O-])sc(C)c1C.[Na+]. The van der Waals surface area contributed by atoms with Crippen LogP contribution in [0, 0.1) is 13.8 Å². The van der Waals surface area contributed by atoms with Gasteiger partial charge in [-0.15, -0.1) is 11.3 Å². The van der Waals surface area contributed by atoms with E-state index in [-0.39, 0.29) is 40.1 Å². The Labute approximate surface area is 130 Å². The third-order valence-corrected chi connectivity index (χ3v) is 3.31. The molecule has 1 aromatic heterocycles. The zero-order valence-electron chi connectivity index (χ0n) is 10.4. The second-order valence-corrected chi connectivity index (χ2v) is 4.45. The third kappa shape index (κ3) is 3.55. The summed E-state index contributed by atoms with van der Waals surface area (Å²) >= 11 is 1.11. The van der Waals surface area contributed by atoms with Gasteiger partial charge in [0.2, 0.25) is 0 Å². The Morgan fingerprint density at radius 3 is 2.28 bits per heavy atom. The van der Waals surface area contributed by atoms with Crippen molar-refractivity contribution in [1.29, 1.82) is 0 Å². The number of hydrogen-bond donors (Lipinski definition) is 1. The van der Waals surface area contributed by atoms with Crippen LogP contribution >= 0.6 is 11.3 Å². The molecule has 0 aliphatic heterocycles. The van der Waals surface area contributed by atoms with E-state index in [1.165, 1.54) is 7.11 Å². The number of aryl methyl sites for hydroxylation is 1. The number of nitrogens with one attached hydrogen (secondary N) is 1. The smallest absolute Gasteiger partial charge is 0.540 e. The molecule has 0 aliphatic carbocycles. The van der Waals surface area contributed by atoms with Crippen LogP contribution in [0.4, 0.5) is 5.00 Å². The minimum absolute atomic E-state index is 0. The maximum absolute atomic E-state index is 11.5. The van der Waals surface area contributed by atoms with Crippen molar-refractivity contribution >= 4 is 34.2 Å². The standard InChI is InChI=1S/C10H11NO5S.Na/c1-4-5(2)17-8(6(4)10(15)16-3)11-7(12)9(13)14;/h1-3H3,(H,11,12)(H,13,14);/q;+1/p-1. The maximum atomic E-state index is 11.5. The molecule has 1 rings (SSSR count). The summed E-state index contributed by atoms with van der Waals surface area (Å²) < 4.78 is 4.57. The normalized spacial score (nSPS) is 9.28. The van der Waals surface area contributed by atoms with E-state index >= 15 is 0 Å². The molecule has 1 N–H and O–H groups in total. The van der Waals surface area contributed by atoms with Crippen LogP contribution in [0.5, 0.6) is 0 Å². The van der Waals surface area contributed by atoms with Gasteiger partial charge in [0, 0.05) is 4.88 Å². The number of aliphatic carboxylic acids is 1. The molecule has 18 heavy (non-hydrogen) atoms. The van der Waals surface area contributed by atoms with Crippen LogP contribution in [0.3, 0.4) is 0 Å². The Kier molecular flexibility index (Phi) is 6.55. The van der Waals surface area contributed by atoms with Gasteiger partial charge < -0.3 is 20.0 Å². The van der Waals surface area contributed by atoms with E-state index in [4.69, 9.17) is 0 Å². The second-order valence-electron chi connectivity index (χ2n) is 3.22. The molecular formula is C10H10NNaO5S. The minimum Gasteiger partial charge on any atom is -0.540 e. The zero-order chi connectivity index (χ0) is 13.2. The number of carbonyl (C=O) groups excluding carboxylic acids is 3. The van der Waals surface area contributed by atoms with Crippen molar-refractivity contribution in [1.82, 2.24) is 0 Å². The fourth-order valence-corrected chi connectivity index (χ4v) is 2.26. The summed E-state index contributed by atoms with van der Waals surface area (Å²) in [5.41, 5.74) is 0.820. The summed E-state index contributed by atoms with van der Waals surface area (Å²) in [6.45, 7) is 3.44. The molecule has 0 saturated heterocycles. The molecule has 1 heterocycles. The molecule has 0 radical (unpaired) electrons. The predicted molar refractivity (Wildman–Crippen MR) is 58.8 cm³/mol. The van der Waals surface area contributed by atoms with Crippen LogP contribution in [0.25, 0.3) is 0 Å². The van der Waals surface area contributed by atoms with E-state index in [0.29, 0.717) is 5.56 Å². The van der Waals surface area contributed by atoms with Gasteiger partial charge in [0.25, 0.3) is 5.91 Å². The molecule has 0 unspecified atom stereocenters. The first-order valence-electron chi connectivity index (χ1n) is 4.59. The Hall–Kier alpha value is -0.890. The van der Waals surface area contributed by atoms with Crippen LogP contribution in [-0.4, -0.2) is 25.0 Å². The van der Waals surface area contributed by atoms with Gasteiger partial charge in [0.15, 0.2) is 0 Å². The first-order valence-corrected chi connectivity index (χ1v) is 5.40. The molecule has 0 atom stereocenters. The van der Waals surface area contributed by atoms with Crippen LogP contribution in [0.15, 0.2) is 0 Å². The third-order valence-electron chi connectivity index (χ3n) is 2.19. The second kappa shape index (κ2) is 6.89. The first-order chi connectivity index (χ1) is 7.88. The zero-order valence-corrected chi connectivity index (χ0v) is 13.3. The van der Waals surface area contributed by atoms with Gasteiger partial charge in [-0.25, -0.2) is 4.79 Å². The summed E-state index contributed by atoms with van der Waals surface area (Å²) in [6.07, 6.45) is 0. The van der Waals surface area contributed by atoms with Crippen molar-refractivity contribution < 1.29 is 53.8 Å². The molecule has 0 fully saturated rings. The number of carboxylic acids is 1. The number of methoxy groups -OCH3 is 1. The Bertz CT molecular complexity index is 497. The monoisotopic (exact) mass is 279 g/mol. The molecule has 1 aromatic rings. The Morgan fingerprint density at radius 1 is 1.28 bits per heavy atom. The molecule has 0 aromatic carbocycles. The summed E-state index contributed by atoms with van der Waals surface area (Å²) in [5, 5.41) is 12.6.